The number of aromatic nitrogens is 1. The van der Waals surface area contributed by atoms with Crippen LogP contribution in [-0.4, -0.2) is 35.2 Å². The first-order valence-electron chi connectivity index (χ1n) is 12.4. The predicted molar refractivity (Wildman–Crippen MR) is 131 cm³/mol. The molecule has 0 bridgehead atoms. The van der Waals surface area contributed by atoms with Gasteiger partial charge in [0.1, 0.15) is 0 Å². The highest BCUT2D eigenvalue weighted by molar-refractivity contribution is 5.92. The third kappa shape index (κ3) is 6.32. The van der Waals surface area contributed by atoms with Crippen molar-refractivity contribution >= 4 is 11.4 Å². The Bertz CT molecular complexity index is 808. The average Bonchev–Trinajstić information content (AvgIpc) is 3.47. The minimum absolute atomic E-state index is 0.0845. The van der Waals surface area contributed by atoms with Crippen LogP contribution in [0.15, 0.2) is 43.1 Å². The number of aryl methyl sites for hydroxylation is 1. The largest absolute Gasteiger partial charge is 0.393 e. The quantitative estimate of drug-likeness (QED) is 0.285. The van der Waals surface area contributed by atoms with Gasteiger partial charge in [-0.3, -0.25) is 4.79 Å². The van der Waals surface area contributed by atoms with Crippen molar-refractivity contribution in [3.8, 4) is 0 Å². The number of aliphatic hydroxyl groups is 1. The van der Waals surface area contributed by atoms with Gasteiger partial charge >= 0.3 is 0 Å². The van der Waals surface area contributed by atoms with Gasteiger partial charge in [-0.15, -0.1) is 0 Å². The molecule has 0 unspecified atom stereocenters. The highest BCUT2D eigenvalue weighted by atomic mass is 16.5. The van der Waals surface area contributed by atoms with E-state index in [4.69, 9.17) is 4.74 Å². The molecular weight excluding hydrogens is 398 g/mol. The molecule has 2 aliphatic rings. The molecule has 176 valence electrons. The topological polar surface area (TPSA) is 62.3 Å². The molecule has 2 fully saturated rings. The Balaban J connectivity index is 1.60. The van der Waals surface area contributed by atoms with Crippen LogP contribution >= 0.6 is 0 Å². The van der Waals surface area contributed by atoms with E-state index in [2.05, 4.69) is 37.6 Å². The average molecular weight is 440 g/mol. The zero-order valence-corrected chi connectivity index (χ0v) is 19.9. The summed E-state index contributed by atoms with van der Waals surface area (Å²) in [5.74, 6) is 0.619. The Kier molecular flexibility index (Phi) is 9.12. The van der Waals surface area contributed by atoms with Gasteiger partial charge in [-0.05, 0) is 92.9 Å². The summed E-state index contributed by atoms with van der Waals surface area (Å²) in [5, 5.41) is 10.5. The van der Waals surface area contributed by atoms with Crippen LogP contribution in [0.4, 0.5) is 0 Å². The van der Waals surface area contributed by atoms with Gasteiger partial charge in [0.05, 0.1) is 6.10 Å². The fraction of sp³-hybridized carbons (Fsp3) is 0.607. The van der Waals surface area contributed by atoms with Gasteiger partial charge < -0.3 is 14.8 Å². The van der Waals surface area contributed by atoms with Crippen molar-refractivity contribution in [3.05, 3.63) is 54.4 Å². The molecule has 1 aromatic heterocycles. The van der Waals surface area contributed by atoms with E-state index in [1.165, 1.54) is 16.8 Å². The minimum atomic E-state index is -0.376. The van der Waals surface area contributed by atoms with E-state index in [9.17, 15) is 9.90 Å². The number of carbonyl (C=O) groups excluding carboxylic acids is 1. The van der Waals surface area contributed by atoms with E-state index in [0.717, 1.165) is 64.6 Å². The molecular formula is C28H41NO3. The zero-order chi connectivity index (χ0) is 23.0. The van der Waals surface area contributed by atoms with Crippen molar-refractivity contribution < 1.29 is 14.6 Å². The number of hydrogen-bond acceptors (Lipinski definition) is 3. The number of aromatic amines is 1. The molecule has 1 aliphatic heterocycles. The van der Waals surface area contributed by atoms with E-state index in [0.29, 0.717) is 6.42 Å². The lowest BCUT2D eigenvalue weighted by Gasteiger charge is -2.26. The van der Waals surface area contributed by atoms with E-state index in [1.807, 2.05) is 18.3 Å². The molecule has 1 saturated carbocycles. The highest BCUT2D eigenvalue weighted by Crippen LogP contribution is 2.58. The summed E-state index contributed by atoms with van der Waals surface area (Å²) in [7, 11) is 0. The lowest BCUT2D eigenvalue weighted by Crippen LogP contribution is -2.27. The Morgan fingerprint density at radius 2 is 2.12 bits per heavy atom. The van der Waals surface area contributed by atoms with Crippen LogP contribution in [0.5, 0.6) is 0 Å². The van der Waals surface area contributed by atoms with Gasteiger partial charge in [0, 0.05) is 31.0 Å². The van der Waals surface area contributed by atoms with E-state index >= 15 is 0 Å². The van der Waals surface area contributed by atoms with Crippen molar-refractivity contribution in [1.29, 1.82) is 0 Å². The number of ether oxygens (including phenoxy) is 1. The summed E-state index contributed by atoms with van der Waals surface area (Å²) < 4.78 is 5.39. The van der Waals surface area contributed by atoms with Crippen LogP contribution < -0.4 is 0 Å². The molecule has 2 atom stereocenters. The number of aliphatic hydroxyl groups excluding tert-OH is 1. The Hall–Kier alpha value is -1.91. The molecule has 2 heterocycles. The standard InChI is InChI=1S/C28H41NO3/c1-4-7-22(24-12-18-29-21(24)3)11-15-28(16-17-28)25(8-5-2)27(31)10-6-9-26(30)23-13-19-32-20-14-23/h4,6-7,10,12,18,23,25-26,29-30H,1,5,8-9,11,13-17,19-20H2,2-3H3/b10-6+,22-7-/t25-,26+/m1/s1. The molecule has 3 rings (SSSR count). The number of allylic oxidation sites excluding steroid dienone is 4. The summed E-state index contributed by atoms with van der Waals surface area (Å²) in [6.07, 6.45) is 17.9. The lowest BCUT2D eigenvalue weighted by molar-refractivity contribution is -0.120. The minimum Gasteiger partial charge on any atom is -0.393 e. The Labute approximate surface area is 193 Å². The number of hydrogen-bond donors (Lipinski definition) is 2. The van der Waals surface area contributed by atoms with E-state index in [1.54, 1.807) is 6.08 Å². The van der Waals surface area contributed by atoms with Gasteiger partial charge in [0.2, 0.25) is 0 Å². The van der Waals surface area contributed by atoms with Gasteiger partial charge in [0.25, 0.3) is 0 Å². The Morgan fingerprint density at radius 3 is 2.72 bits per heavy atom. The molecule has 4 heteroatoms. The van der Waals surface area contributed by atoms with Crippen molar-refractivity contribution in [2.45, 2.75) is 77.7 Å². The van der Waals surface area contributed by atoms with Gasteiger partial charge in [-0.25, -0.2) is 0 Å². The van der Waals surface area contributed by atoms with Gasteiger partial charge in [-0.1, -0.05) is 38.2 Å². The smallest absolute Gasteiger partial charge is 0.158 e. The van der Waals surface area contributed by atoms with Crippen LogP contribution in [0.3, 0.4) is 0 Å². The molecule has 4 nitrogen and oxygen atoms in total. The van der Waals surface area contributed by atoms with E-state index in [-0.39, 0.29) is 29.1 Å². The molecule has 1 saturated heterocycles. The van der Waals surface area contributed by atoms with Gasteiger partial charge in [-0.2, -0.15) is 0 Å². The van der Waals surface area contributed by atoms with Crippen molar-refractivity contribution in [2.75, 3.05) is 13.2 Å². The first-order valence-corrected chi connectivity index (χ1v) is 12.4. The lowest BCUT2D eigenvalue weighted by atomic mass is 9.78. The molecule has 0 amide bonds. The van der Waals surface area contributed by atoms with Crippen LogP contribution in [0, 0.1) is 24.2 Å². The first-order chi connectivity index (χ1) is 15.5. The number of rotatable bonds is 13. The second kappa shape index (κ2) is 11.8. The molecule has 0 spiro atoms. The summed E-state index contributed by atoms with van der Waals surface area (Å²) in [6, 6.07) is 2.13. The SMILES string of the molecule is C=C/C=C(/CCC1([C@H](CCC)C(=O)/C=C/C[C@H](O)C2CCOCC2)CC1)c1cc[nH]c1C. The summed E-state index contributed by atoms with van der Waals surface area (Å²) in [6.45, 7) is 9.63. The summed E-state index contributed by atoms with van der Waals surface area (Å²) in [4.78, 5) is 16.5. The maximum absolute atomic E-state index is 13.2. The summed E-state index contributed by atoms with van der Waals surface area (Å²) >= 11 is 0. The van der Waals surface area contributed by atoms with Crippen LogP contribution in [0.2, 0.25) is 0 Å². The first kappa shape index (κ1) is 24.7. The monoisotopic (exact) mass is 439 g/mol. The molecule has 0 radical (unpaired) electrons. The molecule has 0 aromatic carbocycles. The number of carbonyl (C=O) groups is 1. The molecule has 1 aliphatic carbocycles. The summed E-state index contributed by atoms with van der Waals surface area (Å²) in [5.41, 5.74) is 3.85. The number of H-pyrrole nitrogens is 1. The highest BCUT2D eigenvalue weighted by Gasteiger charge is 2.50. The third-order valence-corrected chi connectivity index (χ3v) is 7.53. The fourth-order valence-electron chi connectivity index (χ4n) is 5.34. The van der Waals surface area contributed by atoms with Crippen LogP contribution in [0.1, 0.15) is 76.0 Å². The maximum atomic E-state index is 13.2. The number of nitrogens with one attached hydrogen (secondary N) is 1. The molecule has 2 N–H and O–H groups in total. The predicted octanol–water partition coefficient (Wildman–Crippen LogP) is 6.17. The molecule has 1 aromatic rings. The van der Waals surface area contributed by atoms with Crippen LogP contribution in [0.25, 0.3) is 5.57 Å². The second-order valence-electron chi connectivity index (χ2n) is 9.71. The molecule has 32 heavy (non-hydrogen) atoms. The van der Waals surface area contributed by atoms with Crippen LogP contribution in [-0.2, 0) is 9.53 Å². The fourth-order valence-corrected chi connectivity index (χ4v) is 5.34. The maximum Gasteiger partial charge on any atom is 0.158 e. The van der Waals surface area contributed by atoms with Crippen molar-refractivity contribution in [1.82, 2.24) is 4.98 Å². The third-order valence-electron chi connectivity index (χ3n) is 7.53. The van der Waals surface area contributed by atoms with Crippen molar-refractivity contribution in [3.63, 3.8) is 0 Å². The second-order valence-corrected chi connectivity index (χ2v) is 9.71. The van der Waals surface area contributed by atoms with Crippen molar-refractivity contribution in [2.24, 2.45) is 17.3 Å². The zero-order valence-electron chi connectivity index (χ0n) is 19.9. The van der Waals surface area contributed by atoms with E-state index < -0.39 is 0 Å². The normalized spacial score (nSPS) is 20.9. The number of ketones is 1. The Morgan fingerprint density at radius 1 is 1.38 bits per heavy atom. The van der Waals surface area contributed by atoms with Gasteiger partial charge in [0.15, 0.2) is 5.78 Å².